The lowest BCUT2D eigenvalue weighted by molar-refractivity contribution is -0.125. The molecule has 0 aliphatic carbocycles. The van der Waals surface area contributed by atoms with Crippen LogP contribution in [0.5, 0.6) is 0 Å². The van der Waals surface area contributed by atoms with E-state index in [2.05, 4.69) is 22.1 Å². The molecule has 0 radical (unpaired) electrons. The number of nitrogens with one attached hydrogen (secondary N) is 1. The molecule has 1 aliphatic heterocycles. The Kier molecular flexibility index (Phi) is 5.32. The van der Waals surface area contributed by atoms with Crippen molar-refractivity contribution in [3.8, 4) is 11.8 Å². The summed E-state index contributed by atoms with van der Waals surface area (Å²) in [6.07, 6.45) is 1.83. The number of aliphatic hydroxyl groups excluding tert-OH is 1. The molecule has 1 unspecified atom stereocenters. The molecule has 4 nitrogen and oxygen atoms in total. The van der Waals surface area contributed by atoms with Gasteiger partial charge in [0.1, 0.15) is 12.4 Å². The number of aliphatic hydroxyl groups is 1. The van der Waals surface area contributed by atoms with Crippen LogP contribution in [0.1, 0.15) is 24.0 Å². The molecule has 2 rings (SSSR count). The molecule has 1 aromatic rings. The van der Waals surface area contributed by atoms with Crippen LogP contribution in [0.2, 0.25) is 0 Å². The third-order valence-corrected chi connectivity index (χ3v) is 3.63. The number of nitrogens with zero attached hydrogens (tertiary/aromatic N) is 1. The van der Waals surface area contributed by atoms with Gasteiger partial charge in [-0.2, -0.15) is 0 Å². The highest BCUT2D eigenvalue weighted by Gasteiger charge is 2.29. The third kappa shape index (κ3) is 3.81. The molecular formula is C16H19FN2O2. The van der Waals surface area contributed by atoms with Crippen molar-refractivity contribution in [1.82, 2.24) is 10.2 Å². The average molecular weight is 290 g/mol. The van der Waals surface area contributed by atoms with Crippen molar-refractivity contribution in [1.29, 1.82) is 0 Å². The van der Waals surface area contributed by atoms with Gasteiger partial charge in [0.2, 0.25) is 5.91 Å². The number of amides is 1. The molecule has 2 N–H and O–H groups in total. The highest BCUT2D eigenvalue weighted by Crippen LogP contribution is 2.21. The van der Waals surface area contributed by atoms with Crippen LogP contribution in [0.15, 0.2) is 18.2 Å². The maximum Gasteiger partial charge on any atom is 0.237 e. The lowest BCUT2D eigenvalue weighted by Crippen LogP contribution is -2.41. The smallest absolute Gasteiger partial charge is 0.237 e. The van der Waals surface area contributed by atoms with Crippen molar-refractivity contribution in [2.24, 2.45) is 0 Å². The number of halogens is 1. The van der Waals surface area contributed by atoms with Gasteiger partial charge >= 0.3 is 0 Å². The van der Waals surface area contributed by atoms with Gasteiger partial charge in [0, 0.05) is 13.6 Å². The van der Waals surface area contributed by atoms with Crippen LogP contribution in [0.4, 0.5) is 4.39 Å². The monoisotopic (exact) mass is 290 g/mol. The molecule has 112 valence electrons. The summed E-state index contributed by atoms with van der Waals surface area (Å²) in [5.74, 6) is 4.67. The number of carbonyl (C=O) groups is 1. The number of benzene rings is 1. The number of hydrogen-bond acceptors (Lipinski definition) is 3. The second kappa shape index (κ2) is 7.21. The van der Waals surface area contributed by atoms with E-state index in [1.165, 1.54) is 6.07 Å². The molecule has 1 aromatic carbocycles. The second-order valence-corrected chi connectivity index (χ2v) is 5.02. The highest BCUT2D eigenvalue weighted by atomic mass is 19.1. The standard InChI is InChI=1S/C16H19FN2O2/c1-18-16(21)15-5-2-8-19(15)11-12-6-7-14(17)13(10-12)4-3-9-20/h6-7,10,15,20H,2,5,8-9,11H2,1H3,(H,18,21). The van der Waals surface area contributed by atoms with Crippen molar-refractivity contribution in [3.05, 3.63) is 35.1 Å². The largest absolute Gasteiger partial charge is 0.384 e. The maximum atomic E-state index is 13.6. The Morgan fingerprint density at radius 1 is 1.57 bits per heavy atom. The van der Waals surface area contributed by atoms with Gasteiger partial charge in [0.25, 0.3) is 0 Å². The van der Waals surface area contributed by atoms with Gasteiger partial charge in [-0.25, -0.2) is 4.39 Å². The molecule has 21 heavy (non-hydrogen) atoms. The Morgan fingerprint density at radius 3 is 3.10 bits per heavy atom. The minimum absolute atomic E-state index is 0.0231. The number of hydrogen-bond donors (Lipinski definition) is 2. The molecule has 0 saturated carbocycles. The molecule has 1 saturated heterocycles. The summed E-state index contributed by atoms with van der Waals surface area (Å²) in [6.45, 7) is 1.15. The van der Waals surface area contributed by atoms with Crippen molar-refractivity contribution < 1.29 is 14.3 Å². The first kappa shape index (κ1) is 15.5. The quantitative estimate of drug-likeness (QED) is 0.813. The lowest BCUT2D eigenvalue weighted by atomic mass is 10.1. The Labute approximate surface area is 124 Å². The number of likely N-dealkylation sites (N-methyl/N-ethyl adjacent to an activating group) is 1. The van der Waals surface area contributed by atoms with Crippen LogP contribution in [-0.4, -0.2) is 42.2 Å². The zero-order chi connectivity index (χ0) is 15.2. The summed E-state index contributed by atoms with van der Waals surface area (Å²) in [6, 6.07) is 4.64. The van der Waals surface area contributed by atoms with Crippen molar-refractivity contribution >= 4 is 5.91 Å². The Morgan fingerprint density at radius 2 is 2.38 bits per heavy atom. The van der Waals surface area contributed by atoms with E-state index in [1.54, 1.807) is 19.2 Å². The van der Waals surface area contributed by atoms with E-state index in [1.807, 2.05) is 0 Å². The van der Waals surface area contributed by atoms with E-state index in [0.717, 1.165) is 24.9 Å². The highest BCUT2D eigenvalue weighted by molar-refractivity contribution is 5.81. The number of carbonyl (C=O) groups excluding carboxylic acids is 1. The Bertz CT molecular complexity index is 577. The van der Waals surface area contributed by atoms with Gasteiger partial charge in [0.05, 0.1) is 11.6 Å². The van der Waals surface area contributed by atoms with Crippen molar-refractivity contribution in [2.75, 3.05) is 20.2 Å². The topological polar surface area (TPSA) is 52.6 Å². The van der Waals surface area contributed by atoms with Crippen LogP contribution in [0, 0.1) is 17.7 Å². The molecule has 1 atom stereocenters. The summed E-state index contributed by atoms with van der Waals surface area (Å²) in [5.41, 5.74) is 1.19. The Hall–Kier alpha value is -1.90. The molecule has 1 heterocycles. The van der Waals surface area contributed by atoms with Crippen LogP contribution >= 0.6 is 0 Å². The van der Waals surface area contributed by atoms with Gasteiger partial charge < -0.3 is 10.4 Å². The Balaban J connectivity index is 2.14. The van der Waals surface area contributed by atoms with E-state index >= 15 is 0 Å². The summed E-state index contributed by atoms with van der Waals surface area (Å²) >= 11 is 0. The van der Waals surface area contributed by atoms with Crippen molar-refractivity contribution in [3.63, 3.8) is 0 Å². The lowest BCUT2D eigenvalue weighted by Gasteiger charge is -2.23. The van der Waals surface area contributed by atoms with Crippen LogP contribution in [0.3, 0.4) is 0 Å². The molecule has 0 bridgehead atoms. The van der Waals surface area contributed by atoms with E-state index < -0.39 is 5.82 Å². The number of likely N-dealkylation sites (tertiary alicyclic amines) is 1. The molecule has 0 spiro atoms. The van der Waals surface area contributed by atoms with Crippen LogP contribution in [0.25, 0.3) is 0 Å². The van der Waals surface area contributed by atoms with E-state index in [9.17, 15) is 9.18 Å². The molecule has 1 fully saturated rings. The van der Waals surface area contributed by atoms with Gasteiger partial charge in [-0.15, -0.1) is 0 Å². The van der Waals surface area contributed by atoms with E-state index in [-0.39, 0.29) is 24.1 Å². The summed E-state index contributed by atoms with van der Waals surface area (Å²) in [4.78, 5) is 13.9. The van der Waals surface area contributed by atoms with Crippen molar-refractivity contribution in [2.45, 2.75) is 25.4 Å². The molecule has 0 aromatic heterocycles. The molecule has 1 aliphatic rings. The SMILES string of the molecule is CNC(=O)C1CCCN1Cc1ccc(F)c(C#CCO)c1. The minimum atomic E-state index is -0.399. The first-order chi connectivity index (χ1) is 10.2. The maximum absolute atomic E-state index is 13.6. The fourth-order valence-corrected chi connectivity index (χ4v) is 2.61. The normalized spacial score (nSPS) is 18.1. The summed E-state index contributed by atoms with van der Waals surface area (Å²) < 4.78 is 13.6. The van der Waals surface area contributed by atoms with Crippen LogP contribution < -0.4 is 5.32 Å². The zero-order valence-electron chi connectivity index (χ0n) is 12.0. The van der Waals surface area contributed by atoms with Gasteiger partial charge in [-0.05, 0) is 37.1 Å². The summed E-state index contributed by atoms with van der Waals surface area (Å²) in [5, 5.41) is 11.4. The average Bonchev–Trinajstić information content (AvgIpc) is 2.95. The first-order valence-corrected chi connectivity index (χ1v) is 6.99. The van der Waals surface area contributed by atoms with Gasteiger partial charge in [-0.3, -0.25) is 9.69 Å². The van der Waals surface area contributed by atoms with E-state index in [0.29, 0.717) is 6.54 Å². The third-order valence-electron chi connectivity index (χ3n) is 3.63. The molecule has 1 amide bonds. The van der Waals surface area contributed by atoms with Gasteiger partial charge in [0.15, 0.2) is 0 Å². The van der Waals surface area contributed by atoms with Gasteiger partial charge in [-0.1, -0.05) is 17.9 Å². The zero-order valence-corrected chi connectivity index (χ0v) is 12.0. The predicted molar refractivity (Wildman–Crippen MR) is 77.9 cm³/mol. The first-order valence-electron chi connectivity index (χ1n) is 6.99. The van der Waals surface area contributed by atoms with E-state index in [4.69, 9.17) is 5.11 Å². The minimum Gasteiger partial charge on any atom is -0.384 e. The number of rotatable bonds is 3. The molecular weight excluding hydrogens is 271 g/mol. The fourth-order valence-electron chi connectivity index (χ4n) is 2.61. The predicted octanol–water partition coefficient (Wildman–Crippen LogP) is 0.880. The summed E-state index contributed by atoms with van der Waals surface area (Å²) in [7, 11) is 1.64. The second-order valence-electron chi connectivity index (χ2n) is 5.02. The molecule has 5 heteroatoms. The fraction of sp³-hybridized carbons (Fsp3) is 0.438. The van der Waals surface area contributed by atoms with Crippen LogP contribution in [-0.2, 0) is 11.3 Å².